The quantitative estimate of drug-likeness (QED) is 0.597. The molecule has 1 aromatic rings. The van der Waals surface area contributed by atoms with Crippen LogP contribution in [0.3, 0.4) is 0 Å². The third kappa shape index (κ3) is 4.40. The maximum Gasteiger partial charge on any atom is 0.171 e. The molecule has 0 atom stereocenters. The first kappa shape index (κ1) is 17.3. The van der Waals surface area contributed by atoms with Crippen molar-refractivity contribution in [3.8, 4) is 0 Å². The first-order chi connectivity index (χ1) is 9.18. The van der Waals surface area contributed by atoms with E-state index in [9.17, 15) is 4.79 Å². The third-order valence-electron chi connectivity index (χ3n) is 2.90. The predicted molar refractivity (Wildman–Crippen MR) is 91.3 cm³/mol. The molecule has 0 aliphatic rings. The van der Waals surface area contributed by atoms with Crippen molar-refractivity contribution in [2.45, 2.75) is 25.7 Å². The Morgan fingerprint density at radius 2 is 2.05 bits per heavy atom. The number of nitrogen functional groups attached to an aromatic ring is 1. The highest BCUT2D eigenvalue weighted by Gasteiger charge is 2.22. The van der Waals surface area contributed by atoms with Gasteiger partial charge in [0.05, 0.1) is 15.5 Å². The van der Waals surface area contributed by atoms with Gasteiger partial charge in [-0.05, 0) is 25.8 Å². The van der Waals surface area contributed by atoms with Crippen LogP contribution < -0.4 is 11.1 Å². The van der Waals surface area contributed by atoms with E-state index in [0.29, 0.717) is 10.6 Å². The summed E-state index contributed by atoms with van der Waals surface area (Å²) in [5.74, 6) is 0.0309. The summed E-state index contributed by atoms with van der Waals surface area (Å²) < 4.78 is 0. The van der Waals surface area contributed by atoms with E-state index in [1.165, 1.54) is 11.3 Å². The molecule has 0 aromatic carbocycles. The van der Waals surface area contributed by atoms with Crippen molar-refractivity contribution in [1.29, 1.82) is 0 Å². The Bertz CT molecular complexity index is 481. The van der Waals surface area contributed by atoms with Crippen molar-refractivity contribution < 1.29 is 4.79 Å². The van der Waals surface area contributed by atoms with E-state index in [1.54, 1.807) is 18.7 Å². The standard InChI is InChI=1S/C14H25N3OS2/c1-9(18)11-10(15)12(19-6)13(20-11)16-7-14(2,3)8-17(4)5/h16H,7-8,15H2,1-6H3. The van der Waals surface area contributed by atoms with Crippen LogP contribution in [0.25, 0.3) is 0 Å². The van der Waals surface area contributed by atoms with Crippen LogP contribution in [-0.4, -0.2) is 44.1 Å². The van der Waals surface area contributed by atoms with Gasteiger partial charge in [-0.25, -0.2) is 0 Å². The Kier molecular flexibility index (Phi) is 5.91. The average Bonchev–Trinajstić information content (AvgIpc) is 2.61. The van der Waals surface area contributed by atoms with Crippen LogP contribution in [0.2, 0.25) is 0 Å². The van der Waals surface area contributed by atoms with Crippen LogP contribution in [0.1, 0.15) is 30.4 Å². The number of thiophene rings is 1. The Hall–Kier alpha value is -0.720. The maximum absolute atomic E-state index is 11.6. The summed E-state index contributed by atoms with van der Waals surface area (Å²) in [4.78, 5) is 15.4. The van der Waals surface area contributed by atoms with Gasteiger partial charge in [-0.2, -0.15) is 0 Å². The van der Waals surface area contributed by atoms with E-state index in [0.717, 1.165) is 23.0 Å². The maximum atomic E-state index is 11.6. The number of ketones is 1. The van der Waals surface area contributed by atoms with Crippen molar-refractivity contribution in [3.63, 3.8) is 0 Å². The van der Waals surface area contributed by atoms with Gasteiger partial charge in [0.15, 0.2) is 5.78 Å². The fraction of sp³-hybridized carbons (Fsp3) is 0.643. The number of hydrogen-bond donors (Lipinski definition) is 2. The smallest absolute Gasteiger partial charge is 0.171 e. The van der Waals surface area contributed by atoms with Gasteiger partial charge in [0.1, 0.15) is 5.00 Å². The Balaban J connectivity index is 2.88. The Labute approximate surface area is 130 Å². The zero-order chi connectivity index (χ0) is 15.5. The minimum atomic E-state index is 0.0309. The van der Waals surface area contributed by atoms with Gasteiger partial charge in [0, 0.05) is 20.0 Å². The number of Topliss-reactive ketones (excluding diaryl/α,β-unsaturated/α-hetero) is 1. The lowest BCUT2D eigenvalue weighted by molar-refractivity contribution is 0.102. The second kappa shape index (κ2) is 6.83. The van der Waals surface area contributed by atoms with E-state index in [2.05, 4.69) is 38.2 Å². The van der Waals surface area contributed by atoms with E-state index < -0.39 is 0 Å². The summed E-state index contributed by atoms with van der Waals surface area (Å²) in [7, 11) is 4.15. The topological polar surface area (TPSA) is 58.4 Å². The average molecular weight is 316 g/mol. The molecule has 0 spiro atoms. The molecule has 0 fully saturated rings. The van der Waals surface area contributed by atoms with Crippen molar-refractivity contribution in [2.75, 3.05) is 44.5 Å². The summed E-state index contributed by atoms with van der Waals surface area (Å²) in [6.45, 7) is 7.85. The molecule has 0 aliphatic heterocycles. The zero-order valence-electron chi connectivity index (χ0n) is 13.2. The number of nitrogens with two attached hydrogens (primary N) is 1. The van der Waals surface area contributed by atoms with E-state index >= 15 is 0 Å². The lowest BCUT2D eigenvalue weighted by atomic mass is 9.93. The second-order valence-corrected chi connectivity index (χ2v) is 7.86. The number of carbonyl (C=O) groups is 1. The minimum Gasteiger partial charge on any atom is -0.396 e. The van der Waals surface area contributed by atoms with Crippen LogP contribution in [-0.2, 0) is 0 Å². The van der Waals surface area contributed by atoms with Crippen LogP contribution in [0, 0.1) is 5.41 Å². The largest absolute Gasteiger partial charge is 0.396 e. The lowest BCUT2D eigenvalue weighted by Crippen LogP contribution is -2.34. The van der Waals surface area contributed by atoms with E-state index in [4.69, 9.17) is 5.73 Å². The SMILES string of the molecule is CSc1c(NCC(C)(C)CN(C)C)sc(C(C)=O)c1N. The molecular weight excluding hydrogens is 290 g/mol. The van der Waals surface area contributed by atoms with Gasteiger partial charge in [-0.3, -0.25) is 4.79 Å². The number of thioether (sulfide) groups is 1. The zero-order valence-corrected chi connectivity index (χ0v) is 14.8. The molecule has 3 N–H and O–H groups in total. The lowest BCUT2D eigenvalue weighted by Gasteiger charge is -2.28. The van der Waals surface area contributed by atoms with Crippen molar-refractivity contribution in [3.05, 3.63) is 4.88 Å². The number of anilines is 2. The molecule has 6 heteroatoms. The molecule has 1 aromatic heterocycles. The molecule has 4 nitrogen and oxygen atoms in total. The first-order valence-corrected chi connectivity index (χ1v) is 8.58. The van der Waals surface area contributed by atoms with Crippen LogP contribution in [0.4, 0.5) is 10.7 Å². The molecule has 1 heterocycles. The molecular formula is C14H25N3OS2. The molecule has 0 bridgehead atoms. The van der Waals surface area contributed by atoms with Gasteiger partial charge in [0.2, 0.25) is 0 Å². The van der Waals surface area contributed by atoms with Crippen LogP contribution in [0.5, 0.6) is 0 Å². The fourth-order valence-corrected chi connectivity index (χ4v) is 4.17. The summed E-state index contributed by atoms with van der Waals surface area (Å²) in [5, 5.41) is 4.47. The molecule has 20 heavy (non-hydrogen) atoms. The summed E-state index contributed by atoms with van der Waals surface area (Å²) in [6, 6.07) is 0. The van der Waals surface area contributed by atoms with Crippen LogP contribution >= 0.6 is 23.1 Å². The van der Waals surface area contributed by atoms with Crippen molar-refractivity contribution in [2.24, 2.45) is 5.41 Å². The molecule has 0 amide bonds. The fourth-order valence-electron chi connectivity index (χ4n) is 2.24. The van der Waals surface area contributed by atoms with Gasteiger partial charge in [-0.15, -0.1) is 23.1 Å². The molecule has 0 saturated carbocycles. The number of nitrogens with zero attached hydrogens (tertiary/aromatic N) is 1. The number of carbonyl (C=O) groups excluding carboxylic acids is 1. The van der Waals surface area contributed by atoms with E-state index in [1.807, 2.05) is 6.26 Å². The van der Waals surface area contributed by atoms with Crippen molar-refractivity contribution >= 4 is 39.6 Å². The molecule has 0 aliphatic carbocycles. The van der Waals surface area contributed by atoms with E-state index in [-0.39, 0.29) is 11.2 Å². The van der Waals surface area contributed by atoms with Gasteiger partial charge in [-0.1, -0.05) is 13.8 Å². The minimum absolute atomic E-state index is 0.0309. The molecule has 1 rings (SSSR count). The predicted octanol–water partition coefficient (Wildman–Crippen LogP) is 3.25. The third-order valence-corrected chi connectivity index (χ3v) is 5.12. The second-order valence-electron chi connectivity index (χ2n) is 6.02. The Morgan fingerprint density at radius 3 is 2.50 bits per heavy atom. The highest BCUT2D eigenvalue weighted by atomic mass is 32.2. The molecule has 0 radical (unpaired) electrons. The van der Waals surface area contributed by atoms with Crippen LogP contribution in [0.15, 0.2) is 4.90 Å². The van der Waals surface area contributed by atoms with Gasteiger partial charge in [0.25, 0.3) is 0 Å². The molecule has 0 unspecified atom stereocenters. The highest BCUT2D eigenvalue weighted by Crippen LogP contribution is 2.42. The number of hydrogen-bond acceptors (Lipinski definition) is 6. The molecule has 114 valence electrons. The first-order valence-electron chi connectivity index (χ1n) is 6.53. The normalized spacial score (nSPS) is 11.9. The number of rotatable bonds is 7. The summed E-state index contributed by atoms with van der Waals surface area (Å²) in [6.07, 6.45) is 1.98. The van der Waals surface area contributed by atoms with Crippen molar-refractivity contribution in [1.82, 2.24) is 4.90 Å². The highest BCUT2D eigenvalue weighted by molar-refractivity contribution is 7.99. The van der Waals surface area contributed by atoms with Gasteiger partial charge < -0.3 is 16.0 Å². The molecule has 0 saturated heterocycles. The Morgan fingerprint density at radius 1 is 1.45 bits per heavy atom. The summed E-state index contributed by atoms with van der Waals surface area (Å²) >= 11 is 3.04. The number of nitrogens with one attached hydrogen (secondary N) is 1. The summed E-state index contributed by atoms with van der Waals surface area (Å²) in [5.41, 5.74) is 6.82. The van der Waals surface area contributed by atoms with Gasteiger partial charge >= 0.3 is 0 Å². The monoisotopic (exact) mass is 315 g/mol.